The smallest absolute Gasteiger partial charge is 0.271 e. The highest BCUT2D eigenvalue weighted by atomic mass is 16.3. The maximum absolute atomic E-state index is 12.0. The van der Waals surface area contributed by atoms with Crippen molar-refractivity contribution in [1.82, 2.24) is 15.3 Å². The third-order valence-corrected chi connectivity index (χ3v) is 3.47. The van der Waals surface area contributed by atoms with Crippen molar-refractivity contribution in [3.63, 3.8) is 0 Å². The van der Waals surface area contributed by atoms with Gasteiger partial charge in [0.1, 0.15) is 5.69 Å². The molecule has 1 heterocycles. The lowest BCUT2D eigenvalue weighted by molar-refractivity contribution is 0.0867. The van der Waals surface area contributed by atoms with Gasteiger partial charge in [0.05, 0.1) is 11.9 Å². The van der Waals surface area contributed by atoms with Crippen LogP contribution in [0.1, 0.15) is 41.9 Å². The minimum atomic E-state index is -0.201. The SMILES string of the molecule is Cc1cnc(C(=O)NC2CCCCC2CO)cn1. The Labute approximate surface area is 107 Å². The molecule has 0 aromatic carbocycles. The van der Waals surface area contributed by atoms with E-state index < -0.39 is 0 Å². The summed E-state index contributed by atoms with van der Waals surface area (Å²) >= 11 is 0. The number of aliphatic hydroxyl groups is 1. The first-order chi connectivity index (χ1) is 8.70. The number of aryl methyl sites for hydroxylation is 1. The van der Waals surface area contributed by atoms with E-state index in [2.05, 4.69) is 15.3 Å². The van der Waals surface area contributed by atoms with Gasteiger partial charge in [0.2, 0.25) is 0 Å². The van der Waals surface area contributed by atoms with E-state index in [1.165, 1.54) is 6.20 Å². The minimum absolute atomic E-state index is 0.0550. The van der Waals surface area contributed by atoms with Crippen molar-refractivity contribution >= 4 is 5.91 Å². The molecule has 1 aromatic heterocycles. The summed E-state index contributed by atoms with van der Waals surface area (Å²) < 4.78 is 0. The fraction of sp³-hybridized carbons (Fsp3) is 0.615. The first-order valence-electron chi connectivity index (χ1n) is 6.41. The minimum Gasteiger partial charge on any atom is -0.396 e. The second-order valence-electron chi connectivity index (χ2n) is 4.85. The molecule has 2 rings (SSSR count). The Morgan fingerprint density at radius 1 is 1.39 bits per heavy atom. The van der Waals surface area contributed by atoms with Crippen molar-refractivity contribution in [1.29, 1.82) is 0 Å². The molecule has 0 aliphatic heterocycles. The first kappa shape index (κ1) is 13.0. The standard InChI is InChI=1S/C13H19N3O2/c1-9-6-15-12(7-14-9)13(18)16-11-5-3-2-4-10(11)8-17/h6-7,10-11,17H,2-5,8H2,1H3,(H,16,18). The molecule has 1 aliphatic rings. The number of nitrogens with one attached hydrogen (secondary N) is 1. The van der Waals surface area contributed by atoms with Crippen molar-refractivity contribution in [2.24, 2.45) is 5.92 Å². The van der Waals surface area contributed by atoms with Crippen molar-refractivity contribution in [2.45, 2.75) is 38.6 Å². The number of aliphatic hydroxyl groups excluding tert-OH is 1. The van der Waals surface area contributed by atoms with E-state index in [0.29, 0.717) is 5.69 Å². The van der Waals surface area contributed by atoms with Gasteiger partial charge in [0.25, 0.3) is 5.91 Å². The van der Waals surface area contributed by atoms with Crippen LogP contribution in [-0.2, 0) is 0 Å². The highest BCUT2D eigenvalue weighted by molar-refractivity contribution is 5.92. The van der Waals surface area contributed by atoms with Gasteiger partial charge in [-0.1, -0.05) is 12.8 Å². The van der Waals surface area contributed by atoms with Crippen LogP contribution in [0.3, 0.4) is 0 Å². The number of carbonyl (C=O) groups excluding carboxylic acids is 1. The predicted molar refractivity (Wildman–Crippen MR) is 67.1 cm³/mol. The number of nitrogens with zero attached hydrogens (tertiary/aromatic N) is 2. The maximum atomic E-state index is 12.0. The number of hydrogen-bond acceptors (Lipinski definition) is 4. The van der Waals surface area contributed by atoms with Crippen molar-refractivity contribution in [3.8, 4) is 0 Å². The fourth-order valence-corrected chi connectivity index (χ4v) is 2.37. The highest BCUT2D eigenvalue weighted by Crippen LogP contribution is 2.24. The maximum Gasteiger partial charge on any atom is 0.271 e. The monoisotopic (exact) mass is 249 g/mol. The average Bonchev–Trinajstić information content (AvgIpc) is 2.40. The normalized spacial score (nSPS) is 23.7. The Kier molecular flexibility index (Phi) is 4.25. The molecule has 0 bridgehead atoms. The summed E-state index contributed by atoms with van der Waals surface area (Å²) in [5.74, 6) is -0.0334. The lowest BCUT2D eigenvalue weighted by Crippen LogP contribution is -2.43. The van der Waals surface area contributed by atoms with Gasteiger partial charge >= 0.3 is 0 Å². The summed E-state index contributed by atoms with van der Waals surface area (Å²) in [5, 5.41) is 12.3. The molecule has 2 atom stereocenters. The van der Waals surface area contributed by atoms with Crippen molar-refractivity contribution in [3.05, 3.63) is 23.8 Å². The molecular formula is C13H19N3O2. The lowest BCUT2D eigenvalue weighted by Gasteiger charge is -2.30. The van der Waals surface area contributed by atoms with Crippen LogP contribution in [0.25, 0.3) is 0 Å². The number of carbonyl (C=O) groups is 1. The quantitative estimate of drug-likeness (QED) is 0.840. The van der Waals surface area contributed by atoms with Crippen molar-refractivity contribution < 1.29 is 9.90 Å². The van der Waals surface area contributed by atoms with E-state index in [-0.39, 0.29) is 24.5 Å². The molecule has 5 nitrogen and oxygen atoms in total. The van der Waals surface area contributed by atoms with Gasteiger partial charge < -0.3 is 10.4 Å². The molecule has 0 spiro atoms. The molecule has 1 fully saturated rings. The summed E-state index contributed by atoms with van der Waals surface area (Å²) in [6.07, 6.45) is 7.20. The zero-order valence-electron chi connectivity index (χ0n) is 10.6. The third-order valence-electron chi connectivity index (χ3n) is 3.47. The Balaban J connectivity index is 1.99. The van der Waals surface area contributed by atoms with E-state index in [1.54, 1.807) is 6.20 Å². The van der Waals surface area contributed by atoms with E-state index in [9.17, 15) is 9.90 Å². The van der Waals surface area contributed by atoms with Crippen LogP contribution in [0.5, 0.6) is 0 Å². The molecule has 2 unspecified atom stereocenters. The molecular weight excluding hydrogens is 230 g/mol. The van der Waals surface area contributed by atoms with E-state index in [4.69, 9.17) is 0 Å². The van der Waals surface area contributed by atoms with Crippen LogP contribution in [0.2, 0.25) is 0 Å². The number of aromatic nitrogens is 2. The van der Waals surface area contributed by atoms with Crippen LogP contribution in [-0.4, -0.2) is 33.6 Å². The summed E-state index contributed by atoms with van der Waals surface area (Å²) in [4.78, 5) is 20.1. The van der Waals surface area contributed by atoms with Crippen LogP contribution < -0.4 is 5.32 Å². The Morgan fingerprint density at radius 3 is 2.83 bits per heavy atom. The molecule has 1 amide bonds. The van der Waals surface area contributed by atoms with Gasteiger partial charge in [-0.2, -0.15) is 0 Å². The summed E-state index contributed by atoms with van der Waals surface area (Å²) in [5.41, 5.74) is 1.13. The third kappa shape index (κ3) is 3.04. The van der Waals surface area contributed by atoms with Gasteiger partial charge in [-0.3, -0.25) is 9.78 Å². The van der Waals surface area contributed by atoms with Gasteiger partial charge in [0, 0.05) is 24.8 Å². The molecule has 2 N–H and O–H groups in total. The molecule has 1 aliphatic carbocycles. The van der Waals surface area contributed by atoms with E-state index >= 15 is 0 Å². The van der Waals surface area contributed by atoms with E-state index in [1.807, 2.05) is 6.92 Å². The zero-order valence-corrected chi connectivity index (χ0v) is 10.6. The van der Waals surface area contributed by atoms with Gasteiger partial charge in [-0.15, -0.1) is 0 Å². The molecule has 98 valence electrons. The number of rotatable bonds is 3. The van der Waals surface area contributed by atoms with E-state index in [0.717, 1.165) is 31.4 Å². The second-order valence-corrected chi connectivity index (χ2v) is 4.85. The predicted octanol–water partition coefficient (Wildman–Crippen LogP) is 1.07. The topological polar surface area (TPSA) is 75.1 Å². The largest absolute Gasteiger partial charge is 0.396 e. The Hall–Kier alpha value is -1.49. The molecule has 1 aromatic rings. The second kappa shape index (κ2) is 5.91. The Morgan fingerprint density at radius 2 is 2.17 bits per heavy atom. The lowest BCUT2D eigenvalue weighted by atomic mass is 9.85. The average molecular weight is 249 g/mol. The van der Waals surface area contributed by atoms with Crippen LogP contribution in [0, 0.1) is 12.8 Å². The number of amides is 1. The fourth-order valence-electron chi connectivity index (χ4n) is 2.37. The summed E-state index contributed by atoms with van der Waals surface area (Å²) in [6.45, 7) is 1.96. The molecule has 0 radical (unpaired) electrons. The van der Waals surface area contributed by atoms with Gasteiger partial charge in [0.15, 0.2) is 0 Å². The summed E-state index contributed by atoms with van der Waals surface area (Å²) in [6, 6.07) is 0.0550. The van der Waals surface area contributed by atoms with Gasteiger partial charge in [-0.25, -0.2) is 4.98 Å². The summed E-state index contributed by atoms with van der Waals surface area (Å²) in [7, 11) is 0. The van der Waals surface area contributed by atoms with Crippen molar-refractivity contribution in [2.75, 3.05) is 6.61 Å². The van der Waals surface area contributed by atoms with Gasteiger partial charge in [-0.05, 0) is 19.8 Å². The van der Waals surface area contributed by atoms with Crippen LogP contribution >= 0.6 is 0 Å². The van der Waals surface area contributed by atoms with Crippen LogP contribution in [0.4, 0.5) is 0 Å². The Bertz CT molecular complexity index is 405. The zero-order chi connectivity index (χ0) is 13.0. The molecule has 0 saturated heterocycles. The van der Waals surface area contributed by atoms with Crippen LogP contribution in [0.15, 0.2) is 12.4 Å². The molecule has 18 heavy (non-hydrogen) atoms. The number of hydrogen-bond donors (Lipinski definition) is 2. The molecule has 1 saturated carbocycles. The first-order valence-corrected chi connectivity index (χ1v) is 6.41. The highest BCUT2D eigenvalue weighted by Gasteiger charge is 2.26. The molecule has 5 heteroatoms.